The van der Waals surface area contributed by atoms with Gasteiger partial charge in [-0.25, -0.2) is 4.98 Å². The summed E-state index contributed by atoms with van der Waals surface area (Å²) in [5, 5.41) is 7.28. The number of aromatic nitrogens is 3. The van der Waals surface area contributed by atoms with Crippen molar-refractivity contribution in [3.8, 4) is 11.5 Å². The molecule has 1 N–H and O–H groups in total. The number of nitrogens with one attached hydrogen (secondary N) is 1. The van der Waals surface area contributed by atoms with E-state index in [9.17, 15) is 0 Å². The Morgan fingerprint density at radius 3 is 2.87 bits per heavy atom. The number of hydrogen-bond acceptors (Lipinski definition) is 5. The van der Waals surface area contributed by atoms with Gasteiger partial charge in [-0.1, -0.05) is 6.92 Å². The number of nitrogens with zero attached hydrogens (tertiary/aromatic N) is 3. The number of rotatable bonds is 6. The first-order chi connectivity index (χ1) is 11.2. The molecular weight excluding hydrogens is 292 g/mol. The molecule has 6 nitrogen and oxygen atoms in total. The van der Waals surface area contributed by atoms with E-state index in [1.54, 1.807) is 14.2 Å². The monoisotopic (exact) mass is 316 g/mol. The lowest BCUT2D eigenvalue weighted by molar-refractivity contribution is 0.237. The van der Waals surface area contributed by atoms with Crippen molar-refractivity contribution in [1.82, 2.24) is 20.1 Å². The second-order valence-electron chi connectivity index (χ2n) is 5.79. The maximum Gasteiger partial charge on any atom is 0.150 e. The predicted octanol–water partition coefficient (Wildman–Crippen LogP) is 2.72. The summed E-state index contributed by atoms with van der Waals surface area (Å²) in [6, 6.07) is 6.31. The smallest absolute Gasteiger partial charge is 0.150 e. The van der Waals surface area contributed by atoms with Gasteiger partial charge in [0.2, 0.25) is 0 Å². The van der Waals surface area contributed by atoms with Gasteiger partial charge >= 0.3 is 0 Å². The molecule has 6 heteroatoms. The number of likely N-dealkylation sites (tertiary alicyclic amines) is 1. The van der Waals surface area contributed by atoms with Gasteiger partial charge in [-0.05, 0) is 37.6 Å². The molecule has 2 heterocycles. The minimum atomic E-state index is 0.315. The van der Waals surface area contributed by atoms with Crippen molar-refractivity contribution in [3.63, 3.8) is 0 Å². The van der Waals surface area contributed by atoms with Gasteiger partial charge in [0.15, 0.2) is 0 Å². The molecule has 1 aromatic heterocycles. The number of H-pyrrole nitrogens is 1. The molecule has 1 aliphatic heterocycles. The fraction of sp³-hybridized carbons (Fsp3) is 0.529. The van der Waals surface area contributed by atoms with Gasteiger partial charge in [-0.2, -0.15) is 5.10 Å². The predicted molar refractivity (Wildman–Crippen MR) is 87.7 cm³/mol. The molecule has 0 spiro atoms. The third-order valence-electron chi connectivity index (χ3n) is 4.41. The first kappa shape index (κ1) is 15.8. The van der Waals surface area contributed by atoms with Crippen LogP contribution in [0.25, 0.3) is 0 Å². The van der Waals surface area contributed by atoms with Gasteiger partial charge in [0, 0.05) is 18.0 Å². The quantitative estimate of drug-likeness (QED) is 0.888. The number of aryl methyl sites for hydroxylation is 1. The van der Waals surface area contributed by atoms with Crippen LogP contribution < -0.4 is 9.47 Å². The zero-order valence-corrected chi connectivity index (χ0v) is 14.0. The van der Waals surface area contributed by atoms with E-state index in [2.05, 4.69) is 33.1 Å². The Hall–Kier alpha value is -2.08. The second kappa shape index (κ2) is 7.00. The highest BCUT2D eigenvalue weighted by Gasteiger charge is 2.29. The molecule has 3 rings (SSSR count). The van der Waals surface area contributed by atoms with Gasteiger partial charge in [0.05, 0.1) is 20.8 Å². The molecule has 1 aromatic carbocycles. The first-order valence-corrected chi connectivity index (χ1v) is 8.11. The molecule has 1 saturated heterocycles. The Balaban J connectivity index is 1.83. The van der Waals surface area contributed by atoms with Crippen LogP contribution in [0, 0.1) is 0 Å². The summed E-state index contributed by atoms with van der Waals surface area (Å²) in [7, 11) is 3.41. The fourth-order valence-corrected chi connectivity index (χ4v) is 3.22. The van der Waals surface area contributed by atoms with E-state index in [1.807, 2.05) is 12.1 Å². The van der Waals surface area contributed by atoms with Crippen molar-refractivity contribution in [2.45, 2.75) is 38.8 Å². The van der Waals surface area contributed by atoms with Gasteiger partial charge in [-0.15, -0.1) is 0 Å². The number of ether oxygens (including phenoxy) is 2. The van der Waals surface area contributed by atoms with Gasteiger partial charge in [0.1, 0.15) is 23.1 Å². The van der Waals surface area contributed by atoms with Crippen LogP contribution in [0.1, 0.15) is 43.0 Å². The van der Waals surface area contributed by atoms with Crippen molar-refractivity contribution in [3.05, 3.63) is 35.4 Å². The van der Waals surface area contributed by atoms with E-state index in [0.29, 0.717) is 6.04 Å². The van der Waals surface area contributed by atoms with Crippen LogP contribution in [0.3, 0.4) is 0 Å². The molecule has 1 aliphatic rings. The normalized spacial score (nSPS) is 18.3. The lowest BCUT2D eigenvalue weighted by Crippen LogP contribution is -2.24. The van der Waals surface area contributed by atoms with Crippen molar-refractivity contribution in [2.75, 3.05) is 20.8 Å². The standard InChI is InChI=1S/C17H24N4O2/c1-4-16-18-17(20-19-16)11-21-9-5-6-14(21)13-10-12(22-2)7-8-15(13)23-3/h7-8,10,14H,4-6,9,11H2,1-3H3,(H,18,19,20)/t14-/m1/s1. The highest BCUT2D eigenvalue weighted by atomic mass is 16.5. The zero-order valence-electron chi connectivity index (χ0n) is 14.0. The molecule has 0 saturated carbocycles. The average molecular weight is 316 g/mol. The minimum Gasteiger partial charge on any atom is -0.497 e. The summed E-state index contributed by atoms with van der Waals surface area (Å²) >= 11 is 0. The number of methoxy groups -OCH3 is 2. The van der Waals surface area contributed by atoms with Crippen LogP contribution >= 0.6 is 0 Å². The van der Waals surface area contributed by atoms with E-state index in [0.717, 1.165) is 49.1 Å². The van der Waals surface area contributed by atoms with Crippen molar-refractivity contribution < 1.29 is 9.47 Å². The molecular formula is C17H24N4O2. The Kier molecular flexibility index (Phi) is 4.81. The van der Waals surface area contributed by atoms with Crippen LogP contribution in [0.4, 0.5) is 0 Å². The Bertz CT molecular complexity index is 656. The molecule has 0 amide bonds. The number of aromatic amines is 1. The van der Waals surface area contributed by atoms with E-state index in [1.165, 1.54) is 12.0 Å². The maximum absolute atomic E-state index is 5.56. The summed E-state index contributed by atoms with van der Waals surface area (Å²) in [4.78, 5) is 6.96. The molecule has 0 aliphatic carbocycles. The molecule has 0 radical (unpaired) electrons. The van der Waals surface area contributed by atoms with Crippen LogP contribution in [-0.2, 0) is 13.0 Å². The van der Waals surface area contributed by atoms with Crippen molar-refractivity contribution in [2.24, 2.45) is 0 Å². The number of hydrogen-bond donors (Lipinski definition) is 1. The molecule has 124 valence electrons. The van der Waals surface area contributed by atoms with Crippen LogP contribution in [0.2, 0.25) is 0 Å². The minimum absolute atomic E-state index is 0.315. The summed E-state index contributed by atoms with van der Waals surface area (Å²) < 4.78 is 10.9. The Morgan fingerprint density at radius 2 is 2.17 bits per heavy atom. The van der Waals surface area contributed by atoms with E-state index in [-0.39, 0.29) is 0 Å². The van der Waals surface area contributed by atoms with Crippen LogP contribution in [-0.4, -0.2) is 40.8 Å². The molecule has 1 fully saturated rings. The SMILES string of the molecule is CCc1n[nH]c(CN2CCC[C@@H]2c2cc(OC)ccc2OC)n1. The zero-order chi connectivity index (χ0) is 16.2. The highest BCUT2D eigenvalue weighted by Crippen LogP contribution is 2.39. The molecule has 0 unspecified atom stereocenters. The average Bonchev–Trinajstić information content (AvgIpc) is 3.23. The summed E-state index contributed by atoms with van der Waals surface area (Å²) in [6.45, 7) is 3.89. The van der Waals surface area contributed by atoms with Crippen molar-refractivity contribution in [1.29, 1.82) is 0 Å². The fourth-order valence-electron chi connectivity index (χ4n) is 3.22. The van der Waals surface area contributed by atoms with Gasteiger partial charge in [0.25, 0.3) is 0 Å². The topological polar surface area (TPSA) is 63.3 Å². The molecule has 2 aromatic rings. The maximum atomic E-state index is 5.56. The number of benzene rings is 1. The molecule has 1 atom stereocenters. The van der Waals surface area contributed by atoms with Crippen LogP contribution in [0.15, 0.2) is 18.2 Å². The molecule has 23 heavy (non-hydrogen) atoms. The largest absolute Gasteiger partial charge is 0.497 e. The van der Waals surface area contributed by atoms with E-state index in [4.69, 9.17) is 9.47 Å². The van der Waals surface area contributed by atoms with Crippen molar-refractivity contribution >= 4 is 0 Å². The Labute approximate surface area is 136 Å². The highest BCUT2D eigenvalue weighted by molar-refractivity contribution is 5.42. The summed E-state index contributed by atoms with van der Waals surface area (Å²) in [6.07, 6.45) is 3.13. The third kappa shape index (κ3) is 3.32. The second-order valence-corrected chi connectivity index (χ2v) is 5.79. The summed E-state index contributed by atoms with van der Waals surface area (Å²) in [5.74, 6) is 3.57. The Morgan fingerprint density at radius 1 is 1.30 bits per heavy atom. The van der Waals surface area contributed by atoms with Gasteiger partial charge < -0.3 is 9.47 Å². The molecule has 0 bridgehead atoms. The van der Waals surface area contributed by atoms with Gasteiger partial charge in [-0.3, -0.25) is 10.00 Å². The van der Waals surface area contributed by atoms with E-state index >= 15 is 0 Å². The lowest BCUT2D eigenvalue weighted by atomic mass is 10.0. The first-order valence-electron chi connectivity index (χ1n) is 8.11. The van der Waals surface area contributed by atoms with E-state index < -0.39 is 0 Å². The van der Waals surface area contributed by atoms with Crippen LogP contribution in [0.5, 0.6) is 11.5 Å². The lowest BCUT2D eigenvalue weighted by Gasteiger charge is -2.25. The summed E-state index contributed by atoms with van der Waals surface area (Å²) in [5.41, 5.74) is 1.18. The third-order valence-corrected chi connectivity index (χ3v) is 4.41.